The van der Waals surface area contributed by atoms with Crippen molar-refractivity contribution in [3.05, 3.63) is 35.5 Å². The number of nitrogens with zero attached hydrogens (tertiary/aromatic N) is 2. The summed E-state index contributed by atoms with van der Waals surface area (Å²) in [6, 6.07) is 8.55. The van der Waals surface area contributed by atoms with E-state index in [1.165, 1.54) is 31.2 Å². The molecule has 3 rings (SSSR count). The number of rotatable bonds is 7. The first-order valence-electron chi connectivity index (χ1n) is 8.11. The van der Waals surface area contributed by atoms with Gasteiger partial charge in [-0.05, 0) is 18.4 Å². The Morgan fingerprint density at radius 2 is 2.05 bits per heavy atom. The van der Waals surface area contributed by atoms with Crippen LogP contribution in [0.4, 0.5) is 0 Å². The molecule has 0 bridgehead atoms. The predicted octanol–water partition coefficient (Wildman–Crippen LogP) is 4.59. The summed E-state index contributed by atoms with van der Waals surface area (Å²) in [6.07, 6.45) is 7.22. The first-order chi connectivity index (χ1) is 10.8. The Morgan fingerprint density at radius 3 is 2.77 bits per heavy atom. The van der Waals surface area contributed by atoms with Crippen LogP contribution in [0.1, 0.15) is 48.7 Å². The third kappa shape index (κ3) is 3.12. The number of aromatic nitrogens is 2. The fourth-order valence-electron chi connectivity index (χ4n) is 2.92. The van der Waals surface area contributed by atoms with Crippen LogP contribution < -0.4 is 0 Å². The van der Waals surface area contributed by atoms with Crippen molar-refractivity contribution in [3.63, 3.8) is 0 Å². The second-order valence-electron chi connectivity index (χ2n) is 5.75. The normalized spacial score (nSPS) is 13.3. The molecule has 0 spiro atoms. The fourth-order valence-corrected chi connectivity index (χ4v) is 3.87. The van der Waals surface area contributed by atoms with E-state index >= 15 is 0 Å². The summed E-state index contributed by atoms with van der Waals surface area (Å²) in [5.41, 5.74) is 3.96. The number of aldehydes is 1. The van der Waals surface area contributed by atoms with Crippen LogP contribution in [0.25, 0.3) is 11.3 Å². The van der Waals surface area contributed by atoms with Gasteiger partial charge in [-0.15, -0.1) is 0 Å². The number of aryl methyl sites for hydroxylation is 1. The summed E-state index contributed by atoms with van der Waals surface area (Å²) >= 11 is 1.72. The SMILES string of the molecule is CCCCCCc1ccc(-c2nc3n(c2C=O)CCS3)cc1. The average molecular weight is 314 g/mol. The molecule has 0 atom stereocenters. The highest BCUT2D eigenvalue weighted by atomic mass is 32.2. The molecule has 22 heavy (non-hydrogen) atoms. The molecule has 1 aliphatic rings. The van der Waals surface area contributed by atoms with Crippen LogP contribution in [-0.2, 0) is 13.0 Å². The van der Waals surface area contributed by atoms with E-state index in [1.807, 2.05) is 4.57 Å². The van der Waals surface area contributed by atoms with Crippen molar-refractivity contribution in [1.29, 1.82) is 0 Å². The molecule has 1 aliphatic heterocycles. The zero-order chi connectivity index (χ0) is 15.4. The molecule has 2 heterocycles. The topological polar surface area (TPSA) is 34.9 Å². The van der Waals surface area contributed by atoms with Gasteiger partial charge in [0.1, 0.15) is 11.4 Å². The van der Waals surface area contributed by atoms with Gasteiger partial charge in [0.25, 0.3) is 0 Å². The van der Waals surface area contributed by atoms with Crippen molar-refractivity contribution in [2.75, 3.05) is 5.75 Å². The van der Waals surface area contributed by atoms with E-state index in [4.69, 9.17) is 0 Å². The van der Waals surface area contributed by atoms with Crippen molar-refractivity contribution in [1.82, 2.24) is 9.55 Å². The summed E-state index contributed by atoms with van der Waals surface area (Å²) in [5.74, 6) is 1.01. The Balaban J connectivity index is 1.74. The summed E-state index contributed by atoms with van der Waals surface area (Å²) in [5, 5.41) is 0.973. The van der Waals surface area contributed by atoms with Gasteiger partial charge in [-0.25, -0.2) is 4.98 Å². The van der Waals surface area contributed by atoms with E-state index < -0.39 is 0 Å². The standard InChI is InChI=1S/C18H22N2OS/c1-2-3-4-5-6-14-7-9-15(10-8-14)17-16(13-21)20-11-12-22-18(20)19-17/h7-10,13H,2-6,11-12H2,1H3. The number of carbonyl (C=O) groups excluding carboxylic acids is 1. The first kappa shape index (κ1) is 15.3. The number of benzene rings is 1. The van der Waals surface area contributed by atoms with Gasteiger partial charge in [0.15, 0.2) is 11.4 Å². The molecule has 1 aromatic heterocycles. The first-order valence-corrected chi connectivity index (χ1v) is 9.10. The number of unbranched alkanes of at least 4 members (excludes halogenated alkanes) is 3. The van der Waals surface area contributed by atoms with Crippen molar-refractivity contribution in [2.45, 2.75) is 50.7 Å². The largest absolute Gasteiger partial charge is 0.315 e. The molecule has 0 saturated heterocycles. The summed E-state index contributed by atoms with van der Waals surface area (Å²) in [6.45, 7) is 3.12. The highest BCUT2D eigenvalue weighted by Gasteiger charge is 2.21. The number of hydrogen-bond acceptors (Lipinski definition) is 3. The lowest BCUT2D eigenvalue weighted by Gasteiger charge is -2.04. The monoisotopic (exact) mass is 314 g/mol. The lowest BCUT2D eigenvalue weighted by molar-refractivity contribution is 0.111. The van der Waals surface area contributed by atoms with Crippen molar-refractivity contribution < 1.29 is 4.79 Å². The van der Waals surface area contributed by atoms with Crippen molar-refractivity contribution in [3.8, 4) is 11.3 Å². The molecule has 0 aliphatic carbocycles. The van der Waals surface area contributed by atoms with E-state index in [0.29, 0.717) is 0 Å². The third-order valence-corrected chi connectivity index (χ3v) is 5.13. The van der Waals surface area contributed by atoms with E-state index in [9.17, 15) is 4.79 Å². The van der Waals surface area contributed by atoms with E-state index in [0.717, 1.165) is 47.1 Å². The van der Waals surface area contributed by atoms with Gasteiger partial charge in [0, 0.05) is 17.9 Å². The van der Waals surface area contributed by atoms with Gasteiger partial charge < -0.3 is 4.57 Å². The summed E-state index contributed by atoms with van der Waals surface area (Å²) < 4.78 is 2.03. The minimum atomic E-state index is 0.718. The van der Waals surface area contributed by atoms with Gasteiger partial charge in [0.05, 0.1) is 0 Å². The molecule has 0 saturated carbocycles. The van der Waals surface area contributed by atoms with Gasteiger partial charge >= 0.3 is 0 Å². The minimum absolute atomic E-state index is 0.718. The highest BCUT2D eigenvalue weighted by Crippen LogP contribution is 2.32. The minimum Gasteiger partial charge on any atom is -0.315 e. The number of imidazole rings is 1. The third-order valence-electron chi connectivity index (χ3n) is 4.18. The van der Waals surface area contributed by atoms with Crippen LogP contribution in [-0.4, -0.2) is 21.6 Å². The Labute approximate surface area is 136 Å². The van der Waals surface area contributed by atoms with Crippen LogP contribution in [0.2, 0.25) is 0 Å². The fraction of sp³-hybridized carbons (Fsp3) is 0.444. The maximum Gasteiger partial charge on any atom is 0.169 e. The number of fused-ring (bicyclic) bond motifs is 1. The van der Waals surface area contributed by atoms with E-state index in [2.05, 4.69) is 36.2 Å². The number of thioether (sulfide) groups is 1. The molecule has 1 aromatic carbocycles. The molecule has 2 aromatic rings. The van der Waals surface area contributed by atoms with Crippen LogP contribution in [0.15, 0.2) is 29.4 Å². The van der Waals surface area contributed by atoms with Gasteiger partial charge in [-0.2, -0.15) is 0 Å². The highest BCUT2D eigenvalue weighted by molar-refractivity contribution is 7.99. The average Bonchev–Trinajstić information content (AvgIpc) is 3.12. The Bertz CT molecular complexity index is 646. The molecular weight excluding hydrogens is 292 g/mol. The lowest BCUT2D eigenvalue weighted by Crippen LogP contribution is -2.00. The molecule has 0 N–H and O–H groups in total. The second-order valence-corrected chi connectivity index (χ2v) is 6.82. The maximum atomic E-state index is 11.4. The second kappa shape index (κ2) is 7.14. The maximum absolute atomic E-state index is 11.4. The van der Waals surface area contributed by atoms with Gasteiger partial charge in [-0.1, -0.05) is 62.2 Å². The van der Waals surface area contributed by atoms with Crippen molar-refractivity contribution in [2.24, 2.45) is 0 Å². The Morgan fingerprint density at radius 1 is 1.23 bits per heavy atom. The van der Waals surface area contributed by atoms with Crippen LogP contribution in [0.5, 0.6) is 0 Å². The zero-order valence-corrected chi connectivity index (χ0v) is 13.9. The predicted molar refractivity (Wildman–Crippen MR) is 91.6 cm³/mol. The molecule has 116 valence electrons. The molecule has 0 unspecified atom stereocenters. The zero-order valence-electron chi connectivity index (χ0n) is 13.0. The lowest BCUT2D eigenvalue weighted by atomic mass is 10.0. The van der Waals surface area contributed by atoms with Gasteiger partial charge in [0.2, 0.25) is 0 Å². The number of carbonyl (C=O) groups is 1. The smallest absolute Gasteiger partial charge is 0.169 e. The molecule has 4 heteroatoms. The number of hydrogen-bond donors (Lipinski definition) is 0. The van der Waals surface area contributed by atoms with Crippen LogP contribution in [0, 0.1) is 0 Å². The van der Waals surface area contributed by atoms with Crippen molar-refractivity contribution >= 4 is 18.0 Å². The van der Waals surface area contributed by atoms with Crippen LogP contribution >= 0.6 is 11.8 Å². The van der Waals surface area contributed by atoms with Gasteiger partial charge in [-0.3, -0.25) is 4.79 Å². The quantitative estimate of drug-likeness (QED) is 0.554. The Kier molecular flexibility index (Phi) is 4.98. The summed E-state index contributed by atoms with van der Waals surface area (Å²) in [7, 11) is 0. The molecule has 3 nitrogen and oxygen atoms in total. The van der Waals surface area contributed by atoms with Crippen LogP contribution in [0.3, 0.4) is 0 Å². The molecular formula is C18H22N2OS. The molecule has 0 radical (unpaired) electrons. The summed E-state index contributed by atoms with van der Waals surface area (Å²) in [4.78, 5) is 16.1. The Hall–Kier alpha value is -1.55. The van der Waals surface area contributed by atoms with E-state index in [1.54, 1.807) is 11.8 Å². The van der Waals surface area contributed by atoms with E-state index in [-0.39, 0.29) is 0 Å². The molecule has 0 fully saturated rings. The molecule has 0 amide bonds.